The maximum absolute atomic E-state index is 10.5. The Morgan fingerprint density at radius 3 is 2.00 bits per heavy atom. The second-order valence-electron chi connectivity index (χ2n) is 1.67. The fourth-order valence-electron chi connectivity index (χ4n) is 0.581. The fourth-order valence-corrected chi connectivity index (χ4v) is 0.730. The minimum atomic E-state index is -0.185. The normalized spacial score (nSPS) is 8.10. The minimum Gasteiger partial charge on any atom is -0.282 e. The largest absolute Gasteiger partial charge is 2.00 e. The van der Waals surface area contributed by atoms with Gasteiger partial charge in [-0.15, -0.1) is 12.6 Å². The molecule has 0 atom stereocenters. The van der Waals surface area contributed by atoms with Crippen LogP contribution in [0.5, 0.6) is 0 Å². The van der Waals surface area contributed by atoms with Crippen LogP contribution >= 0.6 is 12.6 Å². The van der Waals surface area contributed by atoms with Crippen molar-refractivity contribution >= 4 is 17.7 Å². The Labute approximate surface area is 85.4 Å². The Bertz CT molecular complexity index is 210. The zero-order valence-corrected chi connectivity index (χ0v) is 10.4. The van der Waals surface area contributed by atoms with Crippen LogP contribution in [0.3, 0.4) is 0 Å². The Balaban J connectivity index is 0.000000810. The van der Waals surface area contributed by atoms with Gasteiger partial charge >= 0.3 is 27.3 Å². The maximum Gasteiger partial charge on any atom is 2.00 e. The summed E-state index contributed by atoms with van der Waals surface area (Å²) in [6.45, 7) is 0. The number of rotatable bonds is 1. The first-order valence-corrected chi connectivity index (χ1v) is 3.04. The fraction of sp³-hybridized carbons (Fsp3) is 0. The van der Waals surface area contributed by atoms with Crippen LogP contribution in [0.4, 0.5) is 0 Å². The molecule has 1 rings (SSSR count). The van der Waals surface area contributed by atoms with E-state index < -0.39 is 0 Å². The van der Waals surface area contributed by atoms with Crippen molar-refractivity contribution in [1.29, 1.82) is 0 Å². The minimum absolute atomic E-state index is 0. The molecule has 0 radical (unpaired) electrons. The van der Waals surface area contributed by atoms with Gasteiger partial charge in [0.2, 0.25) is 5.12 Å². The summed E-state index contributed by atoms with van der Waals surface area (Å²) in [6.07, 6.45) is 0. The second kappa shape index (κ2) is 4.90. The van der Waals surface area contributed by atoms with Crippen LogP contribution in [0, 0.1) is 0 Å². The molecule has 3 heteroatoms. The molecule has 0 N–H and O–H groups in total. The van der Waals surface area contributed by atoms with Crippen LogP contribution in [0.2, 0.25) is 0 Å². The molecular weight excluding hydrogens is 245 g/mol. The first-order valence-electron chi connectivity index (χ1n) is 2.59. The standard InChI is InChI=1S/C7H6OS.Cd/c8-7(9)6-4-2-1-3-5-6;/h1-5H,(H,8,9);/q;+2. The third kappa shape index (κ3) is 2.83. The third-order valence-electron chi connectivity index (χ3n) is 1.02. The van der Waals surface area contributed by atoms with Crippen molar-refractivity contribution < 1.29 is 32.1 Å². The van der Waals surface area contributed by atoms with E-state index in [0.717, 1.165) is 0 Å². The van der Waals surface area contributed by atoms with E-state index in [4.69, 9.17) is 0 Å². The van der Waals surface area contributed by atoms with Crippen LogP contribution < -0.4 is 0 Å². The summed E-state index contributed by atoms with van der Waals surface area (Å²) in [4.78, 5) is 10.5. The summed E-state index contributed by atoms with van der Waals surface area (Å²) in [5.41, 5.74) is 0.640. The van der Waals surface area contributed by atoms with Gasteiger partial charge in [0.1, 0.15) is 0 Å². The molecular formula is C7H6CdOS+2. The van der Waals surface area contributed by atoms with Gasteiger partial charge in [0.15, 0.2) is 0 Å². The first-order chi connectivity index (χ1) is 4.30. The number of thiol groups is 1. The van der Waals surface area contributed by atoms with Crippen molar-refractivity contribution in [3.63, 3.8) is 0 Å². The van der Waals surface area contributed by atoms with E-state index in [2.05, 4.69) is 12.6 Å². The van der Waals surface area contributed by atoms with Crippen LogP contribution in [0.15, 0.2) is 30.3 Å². The zero-order valence-electron chi connectivity index (χ0n) is 5.45. The van der Waals surface area contributed by atoms with Gasteiger partial charge in [-0.3, -0.25) is 4.79 Å². The number of benzene rings is 1. The van der Waals surface area contributed by atoms with Crippen LogP contribution in [0.1, 0.15) is 10.4 Å². The van der Waals surface area contributed by atoms with Crippen molar-refractivity contribution in [1.82, 2.24) is 0 Å². The molecule has 1 nitrogen and oxygen atoms in total. The van der Waals surface area contributed by atoms with Crippen LogP contribution in [0.25, 0.3) is 0 Å². The molecule has 0 aliphatic heterocycles. The van der Waals surface area contributed by atoms with Gasteiger partial charge in [-0.1, -0.05) is 30.3 Å². The van der Waals surface area contributed by atoms with Crippen LogP contribution in [-0.2, 0) is 27.3 Å². The van der Waals surface area contributed by atoms with Gasteiger partial charge in [-0.2, -0.15) is 0 Å². The quantitative estimate of drug-likeness (QED) is 0.594. The zero-order chi connectivity index (χ0) is 6.69. The van der Waals surface area contributed by atoms with Crippen molar-refractivity contribution in [3.05, 3.63) is 35.9 Å². The molecule has 0 aromatic heterocycles. The van der Waals surface area contributed by atoms with Gasteiger partial charge < -0.3 is 0 Å². The van der Waals surface area contributed by atoms with Gasteiger partial charge in [-0.05, 0) is 0 Å². The van der Waals surface area contributed by atoms with Crippen molar-refractivity contribution in [2.75, 3.05) is 0 Å². The molecule has 0 bridgehead atoms. The molecule has 0 saturated heterocycles. The summed E-state index contributed by atoms with van der Waals surface area (Å²) >= 11 is 3.65. The number of carbonyl (C=O) groups excluding carboxylic acids is 1. The molecule has 0 aliphatic carbocycles. The smallest absolute Gasteiger partial charge is 0.282 e. The Kier molecular flexibility index (Phi) is 4.98. The molecule has 0 heterocycles. The molecule has 1 aromatic carbocycles. The van der Waals surface area contributed by atoms with Crippen LogP contribution in [-0.4, -0.2) is 5.12 Å². The molecule has 0 amide bonds. The molecule has 10 heavy (non-hydrogen) atoms. The van der Waals surface area contributed by atoms with Crippen molar-refractivity contribution in [3.8, 4) is 0 Å². The SMILES string of the molecule is O=C(S)c1ccccc1.[Cd+2]. The van der Waals surface area contributed by atoms with E-state index in [1.54, 1.807) is 12.1 Å². The van der Waals surface area contributed by atoms with Crippen molar-refractivity contribution in [2.24, 2.45) is 0 Å². The number of hydrogen-bond donors (Lipinski definition) is 1. The predicted molar refractivity (Wildman–Crippen MR) is 39.8 cm³/mol. The second-order valence-corrected chi connectivity index (χ2v) is 2.08. The van der Waals surface area contributed by atoms with Gasteiger partial charge in [0.05, 0.1) is 0 Å². The van der Waals surface area contributed by atoms with E-state index in [-0.39, 0.29) is 32.4 Å². The summed E-state index contributed by atoms with van der Waals surface area (Å²) in [6, 6.07) is 8.94. The average molecular weight is 251 g/mol. The molecule has 1 aromatic rings. The van der Waals surface area contributed by atoms with E-state index in [0.29, 0.717) is 5.56 Å². The molecule has 0 spiro atoms. The topological polar surface area (TPSA) is 17.1 Å². The molecule has 0 unspecified atom stereocenters. The molecule has 0 saturated carbocycles. The Morgan fingerprint density at radius 2 is 1.70 bits per heavy atom. The average Bonchev–Trinajstić information content (AvgIpc) is 1.90. The predicted octanol–water partition coefficient (Wildman–Crippen LogP) is 1.75. The van der Waals surface area contributed by atoms with E-state index in [1.807, 2.05) is 18.2 Å². The summed E-state index contributed by atoms with van der Waals surface area (Å²) in [5.74, 6) is 0. The summed E-state index contributed by atoms with van der Waals surface area (Å²) < 4.78 is 0. The number of hydrogen-bond acceptors (Lipinski definition) is 1. The Hall–Kier alpha value is 0.162. The number of carbonyl (C=O) groups is 1. The molecule has 0 aliphatic rings. The Morgan fingerprint density at radius 1 is 1.20 bits per heavy atom. The summed E-state index contributed by atoms with van der Waals surface area (Å²) in [7, 11) is 0. The molecule has 46 valence electrons. The van der Waals surface area contributed by atoms with Gasteiger partial charge in [-0.25, -0.2) is 0 Å². The third-order valence-corrected chi connectivity index (χ3v) is 1.28. The van der Waals surface area contributed by atoms with Gasteiger partial charge in [0.25, 0.3) is 0 Å². The van der Waals surface area contributed by atoms with E-state index in [9.17, 15) is 4.79 Å². The first kappa shape index (κ1) is 10.2. The van der Waals surface area contributed by atoms with Crippen molar-refractivity contribution in [2.45, 2.75) is 0 Å². The molecule has 0 fully saturated rings. The van der Waals surface area contributed by atoms with Gasteiger partial charge in [0, 0.05) is 5.56 Å². The van der Waals surface area contributed by atoms with E-state index >= 15 is 0 Å². The monoisotopic (exact) mass is 252 g/mol. The summed E-state index contributed by atoms with van der Waals surface area (Å²) in [5, 5.41) is -0.185. The maximum atomic E-state index is 10.5. The van der Waals surface area contributed by atoms with E-state index in [1.165, 1.54) is 0 Å².